The SMILES string of the molecule is CC[C@H]1O[C@@H](n2cnc3c(N)ncnc32)C[C@H]1OP([O-])(=S)OC[C@H]1O[C@@H](n2cc(C)c(=O)[nH]c2=O)C(OCCOC)[C@H]1OP(=O)([O-])OC[C@H]1O[C@@H](n2cc(C)c(N)nc2=O)C(OCCOC)[C@H]1OP(=O)([O-])OC[C@H]1O[C@@H](n2cnc3c(N)ncnc32)C(OCCOC)[C@H]1OP(=O)([S-])OC[C@H]1O[C@@H](n2cc(C)c(=O)[nH]c2=O)C(OCCOC)[C@H]1OP([O-])(=S)OC[C@H]1O[C@@H](n2cnc3c(N)ncnc32)C(OCCOC)[C@H]1O. The molecule has 0 spiro atoms. The van der Waals surface area contributed by atoms with Gasteiger partial charge in [0.15, 0.2) is 72.3 Å². The number of nitrogen functional groups attached to an aromatic ring is 4. The first-order chi connectivity index (χ1) is 69.2. The number of methoxy groups -OCH3 is 5. The molecule has 15 heterocycles. The van der Waals surface area contributed by atoms with Gasteiger partial charge in [-0.25, -0.2) is 59.2 Å². The van der Waals surface area contributed by atoms with Crippen molar-refractivity contribution >= 4 is 129 Å². The minimum Gasteiger partial charge on any atom is -0.780 e. The number of aliphatic hydroxyl groups excluding tert-OH is 1. The third kappa shape index (κ3) is 26.0. The van der Waals surface area contributed by atoms with Gasteiger partial charge in [0.05, 0.1) is 130 Å². The van der Waals surface area contributed by atoms with Crippen LogP contribution in [-0.4, -0.2) is 331 Å². The molecule has 0 bridgehead atoms. The van der Waals surface area contributed by atoms with Crippen LogP contribution >= 0.6 is 35.9 Å². The number of ether oxygens (including phenoxy) is 16. The Balaban J connectivity index is 0.715. The largest absolute Gasteiger partial charge is 0.780 e. The molecule has 0 radical (unpaired) electrons. The molecule has 9 aromatic rings. The van der Waals surface area contributed by atoms with E-state index in [1.54, 1.807) is 11.5 Å². The predicted octanol–water partition coefficient (Wildman–Crippen LogP) is -3.41. The number of rotatable bonds is 52. The summed E-state index contributed by atoms with van der Waals surface area (Å²) in [6.07, 6.45) is -26.9. The van der Waals surface area contributed by atoms with Gasteiger partial charge in [0.25, 0.3) is 26.8 Å². The Morgan fingerprint density at radius 1 is 0.414 bits per heavy atom. The van der Waals surface area contributed by atoms with E-state index >= 15 is 28.4 Å². The number of aromatic amines is 2. The van der Waals surface area contributed by atoms with Crippen LogP contribution in [0.4, 0.5) is 23.3 Å². The number of aryl methyl sites for hydroxylation is 3. The minimum atomic E-state index is -6.21. The van der Waals surface area contributed by atoms with Crippen molar-refractivity contribution in [1.82, 2.24) is 87.2 Å². The zero-order valence-electron chi connectivity index (χ0n) is 78.4. The lowest BCUT2D eigenvalue weighted by Gasteiger charge is -2.36. The Kier molecular flexibility index (Phi) is 37.0. The van der Waals surface area contributed by atoms with E-state index in [9.17, 15) is 34.0 Å². The molecule has 145 heavy (non-hydrogen) atoms. The molecular weight excluding hydrogens is 2100 g/mol. The number of hydrogen-bond acceptors (Lipinski definition) is 56. The Labute approximate surface area is 835 Å². The number of hydrogen-bond donors (Lipinski definition) is 7. The molecule has 11 N–H and O–H groups in total. The summed E-state index contributed by atoms with van der Waals surface area (Å²) in [4.78, 5) is 174. The van der Waals surface area contributed by atoms with Gasteiger partial charge in [0.1, 0.15) is 153 Å². The maximum Gasteiger partial charge on any atom is 0.351 e. The van der Waals surface area contributed by atoms with Crippen LogP contribution in [0.3, 0.4) is 0 Å². The lowest BCUT2D eigenvalue weighted by molar-refractivity contribution is -0.241. The van der Waals surface area contributed by atoms with E-state index < -0.39 is 245 Å². The van der Waals surface area contributed by atoms with Crippen molar-refractivity contribution in [2.45, 2.75) is 182 Å². The van der Waals surface area contributed by atoms with Gasteiger partial charge in [0.2, 0.25) is 0 Å². The van der Waals surface area contributed by atoms with E-state index in [0.29, 0.717) is 5.65 Å². The first-order valence-electron chi connectivity index (χ1n) is 44.3. The second-order valence-electron chi connectivity index (χ2n) is 33.1. The average Bonchev–Trinajstić information content (AvgIpc) is 1.61. The molecule has 10 unspecified atom stereocenters. The number of anilines is 4. The number of H-pyrrole nitrogens is 2. The normalized spacial score (nSPS) is 29.2. The minimum absolute atomic E-state index is 0.00479. The van der Waals surface area contributed by atoms with Crippen LogP contribution < -0.4 is 70.7 Å². The van der Waals surface area contributed by atoms with Crippen molar-refractivity contribution in [3.05, 3.63) is 125 Å². The molecular formula is C76H104N22O39P5S3-5. The number of imidazole rings is 3. The summed E-state index contributed by atoms with van der Waals surface area (Å²) >= 11 is 16.8. The first-order valence-corrected chi connectivity index (χ1v) is 54.9. The van der Waals surface area contributed by atoms with Gasteiger partial charge in [0, 0.05) is 77.3 Å². The zero-order chi connectivity index (χ0) is 104. The van der Waals surface area contributed by atoms with Crippen LogP contribution in [-0.2, 0) is 171 Å². The highest BCUT2D eigenvalue weighted by Gasteiger charge is 2.57. The summed E-state index contributed by atoms with van der Waals surface area (Å²) in [5.74, 6) is -0.297. The summed E-state index contributed by atoms with van der Waals surface area (Å²) in [6.45, 7) is -17.1. The quantitative estimate of drug-likeness (QED) is 0.0111. The van der Waals surface area contributed by atoms with Crippen LogP contribution in [0, 0.1) is 20.8 Å². The summed E-state index contributed by atoms with van der Waals surface area (Å²) in [6, 6.07) is 0. The fourth-order valence-corrected chi connectivity index (χ4v) is 22.9. The van der Waals surface area contributed by atoms with E-state index in [-0.39, 0.29) is 140 Å². The molecule has 0 aliphatic carbocycles. The zero-order valence-corrected chi connectivity index (χ0v) is 85.3. The molecule has 6 aliphatic rings. The van der Waals surface area contributed by atoms with Gasteiger partial charge in [-0.1, -0.05) is 30.5 Å². The van der Waals surface area contributed by atoms with Crippen LogP contribution in [0.15, 0.2) is 80.5 Å². The third-order valence-corrected chi connectivity index (χ3v) is 30.2. The summed E-state index contributed by atoms with van der Waals surface area (Å²) < 4.78 is 208. The highest BCUT2D eigenvalue weighted by molar-refractivity contribution is 8.32. The molecule has 6 saturated heterocycles. The van der Waals surface area contributed by atoms with E-state index in [2.05, 4.69) is 59.8 Å². The molecule has 15 rings (SSSR count). The van der Waals surface area contributed by atoms with Crippen LogP contribution in [0.2, 0.25) is 0 Å². The molecule has 0 amide bonds. The van der Waals surface area contributed by atoms with E-state index in [1.807, 2.05) is 0 Å². The maximum absolute atomic E-state index is 15.6. The number of phosphoric acid groups is 2. The van der Waals surface area contributed by atoms with Crippen LogP contribution in [0.5, 0.6) is 0 Å². The van der Waals surface area contributed by atoms with E-state index in [0.717, 1.165) is 38.6 Å². The first kappa shape index (κ1) is 111. The number of phosphoric ester groups is 2. The fourth-order valence-electron chi connectivity index (χ4n) is 16.7. The molecule has 28 atom stereocenters. The topological polar surface area (TPSA) is 783 Å². The smallest absolute Gasteiger partial charge is 0.351 e. The van der Waals surface area contributed by atoms with Gasteiger partial charge < -0.3 is 181 Å². The highest BCUT2D eigenvalue weighted by atomic mass is 32.7. The number of nitrogens with two attached hydrogens (primary N) is 4. The molecule has 6 fully saturated rings. The second kappa shape index (κ2) is 48.2. The molecule has 69 heteroatoms. The molecule has 800 valence electrons. The molecule has 9 aromatic heterocycles. The number of fused-ring (bicyclic) bond motifs is 3. The third-order valence-electron chi connectivity index (χ3n) is 23.6. The Morgan fingerprint density at radius 3 is 1.19 bits per heavy atom. The lowest BCUT2D eigenvalue weighted by atomic mass is 10.1. The number of nitrogens with one attached hydrogen (secondary N) is 2. The molecule has 6 aliphatic heterocycles. The number of aromatic nitrogens is 18. The maximum atomic E-state index is 15.6. The fraction of sp³-hybridized carbons (Fsp3) is 0.645. The van der Waals surface area contributed by atoms with Gasteiger partial charge in [-0.2, -0.15) is 4.98 Å². The molecule has 0 aromatic carbocycles. The second-order valence-corrected chi connectivity index (χ2v) is 43.9. The van der Waals surface area contributed by atoms with Crippen molar-refractivity contribution < 1.29 is 159 Å². The van der Waals surface area contributed by atoms with Crippen molar-refractivity contribution in [2.75, 3.05) is 158 Å². The average molecular weight is 2200 g/mol. The predicted molar refractivity (Wildman–Crippen MR) is 494 cm³/mol. The number of aliphatic hydroxyl groups is 1. The summed E-state index contributed by atoms with van der Waals surface area (Å²) in [7, 11) is -5.68. The van der Waals surface area contributed by atoms with Gasteiger partial charge in [-0.05, 0) is 27.2 Å². The Hall–Kier alpha value is -7.81. The van der Waals surface area contributed by atoms with Crippen molar-refractivity contribution in [1.29, 1.82) is 0 Å². The summed E-state index contributed by atoms with van der Waals surface area (Å²) in [5.41, 5.74) is 20.5. The Morgan fingerprint density at radius 2 is 0.759 bits per heavy atom. The van der Waals surface area contributed by atoms with Crippen molar-refractivity contribution in [3.63, 3.8) is 0 Å². The number of nitrogens with zero attached hydrogens (tertiary/aromatic N) is 16. The van der Waals surface area contributed by atoms with Gasteiger partial charge >= 0.3 is 17.1 Å². The molecule has 0 saturated carbocycles. The van der Waals surface area contributed by atoms with Crippen LogP contribution in [0.25, 0.3) is 33.5 Å². The van der Waals surface area contributed by atoms with Crippen LogP contribution in [0.1, 0.15) is 73.8 Å². The highest BCUT2D eigenvalue weighted by Crippen LogP contribution is 2.57. The Bertz CT molecular complexity index is 6580. The van der Waals surface area contributed by atoms with Gasteiger partial charge in [-0.3, -0.25) is 60.7 Å². The monoisotopic (exact) mass is 2200 g/mol. The summed E-state index contributed by atoms with van der Waals surface area (Å²) in [5, 5.41) is 11.9. The standard InChI is InChI=1S/C76H109N22O39P5S3/c1-10-39-40(21-46(127-39)96-33-87-47-61(78)81-30-84-64(47)96)133-140(109,143)125-28-44-52(57(119-18-13-114-7)71(130-44)94-23-37(3)67(100)91-75(94)103)135-138(105,106)122-26-42-51(56(118-17-12-113-6)70(129-42)93-22-36(2)60(77)90-74(93)102)134-139(107,108)123-27-43-53(59(121-20-15-116-9)73(132-43)98-35-89-49-63(80)83-32-86-66(49)98)136-142(111,145)126-29-45-54(58(120-19-14-115-8)72(131-45)95-24-38(4)68(101)92-76(95)104)137-141(110,144)124-25-41-50(99)55(117-16-11-112-5)69(128-41)97-34-88-48-62(79)82-31-85-65(48)97/h22-24,30-35,39-46,50-59,69-73,99H,10-21,25-29H2,1-9H3,(H,105,106)(H,107,108)(H,109,143)(H,110,144)(H,111,145)(H2,77,90,102)(H2,78,81,84)(H2,79,82,85)(H2,80,83,86)(H,91,100,103)(H,92,101,104)/p-5/t39-,40-,41-,42-,43-,44-,45-,46-,50+,51+,52+,53+,54+,55?,56?,57?,58?,59?,69-,70-,71-,72-,73-,140?,141?,142?/m1/s1. The van der Waals surface area contributed by atoms with E-state index in [1.165, 1.54) is 97.1 Å². The van der Waals surface area contributed by atoms with Crippen molar-refractivity contribution in [3.8, 4) is 0 Å². The van der Waals surface area contributed by atoms with Gasteiger partial charge in [-0.15, -0.1) is 0 Å². The lowest BCUT2D eigenvalue weighted by Crippen LogP contribution is -2.42. The van der Waals surface area contributed by atoms with E-state index in [4.69, 9.17) is 180 Å². The molecule has 61 nitrogen and oxygen atoms in total. The van der Waals surface area contributed by atoms with Crippen molar-refractivity contribution in [2.24, 2.45) is 0 Å².